The first kappa shape index (κ1) is 21.8. The van der Waals surface area contributed by atoms with E-state index in [-0.39, 0.29) is 11.6 Å². The van der Waals surface area contributed by atoms with E-state index in [9.17, 15) is 14.4 Å². The molecule has 9 heteroatoms. The molecule has 9 nitrogen and oxygen atoms in total. The summed E-state index contributed by atoms with van der Waals surface area (Å²) in [4.78, 5) is 47.5. The summed E-state index contributed by atoms with van der Waals surface area (Å²) in [5.74, 6) is -0.900. The topological polar surface area (TPSA) is 101 Å². The number of nitrogens with zero attached hydrogens (tertiary/aromatic N) is 4. The van der Waals surface area contributed by atoms with Crippen LogP contribution in [0.3, 0.4) is 0 Å². The average molecular weight is 496 g/mol. The summed E-state index contributed by atoms with van der Waals surface area (Å²) in [6.07, 6.45) is 9.56. The molecule has 1 N–H and O–H groups in total. The number of carbonyl (C=O) groups is 3. The third-order valence-corrected chi connectivity index (χ3v) is 7.72. The van der Waals surface area contributed by atoms with Gasteiger partial charge < -0.3 is 18.8 Å². The first-order valence-corrected chi connectivity index (χ1v) is 12.7. The predicted molar refractivity (Wildman–Crippen MR) is 137 cm³/mol. The summed E-state index contributed by atoms with van der Waals surface area (Å²) in [5.41, 5.74) is 4.45. The van der Waals surface area contributed by atoms with Crippen molar-refractivity contribution < 1.29 is 18.8 Å². The molecule has 4 amide bonds. The maximum Gasteiger partial charge on any atom is 0.320 e. The van der Waals surface area contributed by atoms with Crippen molar-refractivity contribution >= 4 is 50.9 Å². The lowest BCUT2D eigenvalue weighted by Crippen LogP contribution is -2.44. The van der Waals surface area contributed by atoms with Crippen LogP contribution in [0.5, 0.6) is 0 Å². The first-order valence-electron chi connectivity index (χ1n) is 12.7. The van der Waals surface area contributed by atoms with Gasteiger partial charge in [-0.15, -0.1) is 0 Å². The maximum atomic E-state index is 13.2. The number of likely N-dealkylation sites (tertiary alicyclic amines) is 1. The molecule has 3 aromatic heterocycles. The van der Waals surface area contributed by atoms with Crippen molar-refractivity contribution in [2.45, 2.75) is 25.8 Å². The minimum Gasteiger partial charge on any atom is -0.464 e. The Hall–Kier alpha value is -4.40. The number of benzene rings is 1. The van der Waals surface area contributed by atoms with Crippen LogP contribution < -0.4 is 5.32 Å². The van der Waals surface area contributed by atoms with Gasteiger partial charge in [0.05, 0.1) is 22.9 Å². The molecular formula is C28H25N5O4. The zero-order valence-corrected chi connectivity index (χ0v) is 20.2. The lowest BCUT2D eigenvalue weighted by atomic mass is 9.95. The highest BCUT2D eigenvalue weighted by Gasteiger charge is 2.36. The number of fused-ring (bicyclic) bond motifs is 1. The van der Waals surface area contributed by atoms with Gasteiger partial charge in [-0.05, 0) is 30.9 Å². The molecule has 0 unspecified atom stereocenters. The molecule has 7 rings (SSSR count). The highest BCUT2D eigenvalue weighted by molar-refractivity contribution is 6.50. The van der Waals surface area contributed by atoms with Gasteiger partial charge in [0.25, 0.3) is 11.8 Å². The van der Waals surface area contributed by atoms with Crippen LogP contribution in [0.15, 0.2) is 53.5 Å². The molecule has 0 saturated carbocycles. The highest BCUT2D eigenvalue weighted by Crippen LogP contribution is 2.39. The fraction of sp³-hybridized carbons (Fsp3) is 0.286. The molecule has 1 saturated heterocycles. The van der Waals surface area contributed by atoms with Gasteiger partial charge in [-0.1, -0.05) is 18.2 Å². The Balaban J connectivity index is 1.36. The number of rotatable bonds is 2. The van der Waals surface area contributed by atoms with Crippen molar-refractivity contribution in [3.8, 4) is 0 Å². The average Bonchev–Trinajstić information content (AvgIpc) is 3.68. The molecule has 186 valence electrons. The molecule has 3 aliphatic heterocycles. The van der Waals surface area contributed by atoms with E-state index in [1.807, 2.05) is 28.1 Å². The minimum absolute atomic E-state index is 0.102. The van der Waals surface area contributed by atoms with Gasteiger partial charge in [-0.3, -0.25) is 19.9 Å². The molecule has 0 bridgehead atoms. The summed E-state index contributed by atoms with van der Waals surface area (Å²) >= 11 is 0. The second-order valence-corrected chi connectivity index (χ2v) is 9.82. The van der Waals surface area contributed by atoms with E-state index in [1.54, 1.807) is 24.7 Å². The van der Waals surface area contributed by atoms with Crippen molar-refractivity contribution in [2.24, 2.45) is 0 Å². The van der Waals surface area contributed by atoms with E-state index in [1.165, 1.54) is 0 Å². The summed E-state index contributed by atoms with van der Waals surface area (Å²) in [5, 5.41) is 4.15. The molecule has 0 spiro atoms. The molecule has 1 aromatic carbocycles. The summed E-state index contributed by atoms with van der Waals surface area (Å²) < 4.78 is 7.79. The zero-order valence-electron chi connectivity index (χ0n) is 20.2. The monoisotopic (exact) mass is 495 g/mol. The fourth-order valence-corrected chi connectivity index (χ4v) is 5.95. The van der Waals surface area contributed by atoms with Crippen LogP contribution in [0.1, 0.15) is 29.5 Å². The van der Waals surface area contributed by atoms with Crippen molar-refractivity contribution in [1.29, 1.82) is 0 Å². The van der Waals surface area contributed by atoms with Gasteiger partial charge in [-0.25, -0.2) is 4.79 Å². The highest BCUT2D eigenvalue weighted by atomic mass is 16.3. The van der Waals surface area contributed by atoms with E-state index in [4.69, 9.17) is 4.42 Å². The Morgan fingerprint density at radius 1 is 0.892 bits per heavy atom. The van der Waals surface area contributed by atoms with Gasteiger partial charge in [0, 0.05) is 73.2 Å². The van der Waals surface area contributed by atoms with Crippen LogP contribution >= 0.6 is 0 Å². The summed E-state index contributed by atoms with van der Waals surface area (Å²) in [6, 6.07) is 7.93. The van der Waals surface area contributed by atoms with Crippen LogP contribution in [-0.2, 0) is 22.6 Å². The summed E-state index contributed by atoms with van der Waals surface area (Å²) in [7, 11) is 0. The number of imide groups is 1. The van der Waals surface area contributed by atoms with Crippen LogP contribution in [-0.4, -0.2) is 63.4 Å². The Bertz CT molecular complexity index is 1640. The van der Waals surface area contributed by atoms with Gasteiger partial charge >= 0.3 is 6.03 Å². The minimum atomic E-state index is -0.463. The molecule has 4 aromatic rings. The molecule has 0 atom stereocenters. The number of hydrogen-bond donors (Lipinski definition) is 1. The van der Waals surface area contributed by atoms with Gasteiger partial charge in [0.2, 0.25) is 0 Å². The number of nitrogens with one attached hydrogen (secondary N) is 1. The Morgan fingerprint density at radius 3 is 2.51 bits per heavy atom. The first-order chi connectivity index (χ1) is 18.1. The number of aromatic nitrogens is 2. The maximum absolute atomic E-state index is 13.2. The van der Waals surface area contributed by atoms with E-state index < -0.39 is 11.8 Å². The van der Waals surface area contributed by atoms with E-state index in [0.717, 1.165) is 47.8 Å². The molecular weight excluding hydrogens is 470 g/mol. The van der Waals surface area contributed by atoms with Crippen LogP contribution in [0.4, 0.5) is 4.79 Å². The summed E-state index contributed by atoms with van der Waals surface area (Å²) in [6.45, 7) is 3.47. The zero-order chi connectivity index (χ0) is 25.1. The van der Waals surface area contributed by atoms with E-state index in [2.05, 4.69) is 20.9 Å². The standard InChI is InChI=1S/C28H25N5O4/c34-26-22(20-15-29-14-18-7-13-37-25(18)20)23(27(35)30-26)21-16-33-12-11-32(28(36)31-8-1-2-9-31)10-6-17-4-3-5-19(21)24(17)33/h3-5,7,13-16H,1-2,6,8-12H2,(H,30,34,35). The normalized spacial score (nSPS) is 18.2. The Morgan fingerprint density at radius 2 is 1.68 bits per heavy atom. The third-order valence-electron chi connectivity index (χ3n) is 7.72. The number of carbonyl (C=O) groups excluding carboxylic acids is 3. The van der Waals surface area contributed by atoms with Crippen LogP contribution in [0, 0.1) is 0 Å². The van der Waals surface area contributed by atoms with Crippen molar-refractivity contribution in [3.63, 3.8) is 0 Å². The SMILES string of the molecule is O=C1NC(=O)C(c2cncc3ccoc23)=C1c1cn2c3c(cccc13)CCN(C(=O)N1CCCC1)CC2. The second-order valence-electron chi connectivity index (χ2n) is 9.82. The molecule has 0 radical (unpaired) electrons. The molecule has 3 aliphatic rings. The van der Waals surface area contributed by atoms with Gasteiger partial charge in [0.15, 0.2) is 0 Å². The predicted octanol–water partition coefficient (Wildman–Crippen LogP) is 3.42. The molecule has 1 fully saturated rings. The number of furan rings is 1. The van der Waals surface area contributed by atoms with Crippen LogP contribution in [0.25, 0.3) is 33.0 Å². The largest absolute Gasteiger partial charge is 0.464 e. The lowest BCUT2D eigenvalue weighted by molar-refractivity contribution is -0.122. The third kappa shape index (κ3) is 3.37. The number of urea groups is 1. The number of pyridine rings is 1. The van der Waals surface area contributed by atoms with Crippen molar-refractivity contribution in [2.75, 3.05) is 26.2 Å². The van der Waals surface area contributed by atoms with Crippen molar-refractivity contribution in [1.82, 2.24) is 24.7 Å². The van der Waals surface area contributed by atoms with E-state index in [0.29, 0.717) is 48.3 Å². The molecule has 37 heavy (non-hydrogen) atoms. The quantitative estimate of drug-likeness (QED) is 0.430. The lowest BCUT2D eigenvalue weighted by Gasteiger charge is -2.30. The molecule has 0 aliphatic carbocycles. The van der Waals surface area contributed by atoms with Crippen molar-refractivity contribution in [3.05, 3.63) is 65.8 Å². The number of para-hydroxylation sites is 1. The number of amides is 4. The van der Waals surface area contributed by atoms with Gasteiger partial charge in [0.1, 0.15) is 5.58 Å². The van der Waals surface area contributed by atoms with Crippen LogP contribution in [0.2, 0.25) is 0 Å². The van der Waals surface area contributed by atoms with E-state index >= 15 is 0 Å². The second kappa shape index (κ2) is 8.33. The Kier molecular flexibility index (Phi) is 4.92. The fourth-order valence-electron chi connectivity index (χ4n) is 5.95. The smallest absolute Gasteiger partial charge is 0.320 e. The molecule has 6 heterocycles. The number of hydrogen-bond acceptors (Lipinski definition) is 5. The van der Waals surface area contributed by atoms with Gasteiger partial charge in [-0.2, -0.15) is 0 Å². The Labute approximate surface area is 212 Å².